The van der Waals surface area contributed by atoms with E-state index in [0.29, 0.717) is 23.0 Å². The SMILES string of the molecule is CCC(C(C)OC(=O)c1ccc(C(C)C)cc1)C(C)OC(=O)c1ccc(C(C)C)cc1. The first-order chi connectivity index (χ1) is 14.6. The zero-order chi connectivity index (χ0) is 23.1. The molecule has 4 nitrogen and oxygen atoms in total. The second-order valence-corrected chi connectivity index (χ2v) is 8.85. The van der Waals surface area contributed by atoms with E-state index in [9.17, 15) is 9.59 Å². The van der Waals surface area contributed by atoms with Gasteiger partial charge in [0.05, 0.1) is 11.1 Å². The summed E-state index contributed by atoms with van der Waals surface area (Å²) in [7, 11) is 0. The van der Waals surface area contributed by atoms with E-state index in [0.717, 1.165) is 6.42 Å². The van der Waals surface area contributed by atoms with Crippen LogP contribution in [0.15, 0.2) is 48.5 Å². The van der Waals surface area contributed by atoms with Crippen molar-refractivity contribution in [2.75, 3.05) is 0 Å². The predicted octanol–water partition coefficient (Wildman–Crippen LogP) is 6.75. The normalized spacial score (nSPS) is 14.2. The molecule has 0 aliphatic carbocycles. The van der Waals surface area contributed by atoms with Crippen LogP contribution in [0.5, 0.6) is 0 Å². The van der Waals surface area contributed by atoms with Gasteiger partial charge in [0.15, 0.2) is 0 Å². The van der Waals surface area contributed by atoms with Gasteiger partial charge in [-0.15, -0.1) is 0 Å². The average molecular weight is 425 g/mol. The second-order valence-electron chi connectivity index (χ2n) is 8.85. The van der Waals surface area contributed by atoms with E-state index in [1.165, 1.54) is 11.1 Å². The summed E-state index contributed by atoms with van der Waals surface area (Å²) in [5, 5.41) is 0. The third-order valence-corrected chi connectivity index (χ3v) is 5.89. The lowest BCUT2D eigenvalue weighted by molar-refractivity contribution is -0.0232. The largest absolute Gasteiger partial charge is 0.459 e. The van der Waals surface area contributed by atoms with Crippen molar-refractivity contribution in [3.8, 4) is 0 Å². The van der Waals surface area contributed by atoms with Gasteiger partial charge < -0.3 is 9.47 Å². The zero-order valence-corrected chi connectivity index (χ0v) is 19.8. The molecule has 0 aliphatic heterocycles. The first-order valence-corrected chi connectivity index (χ1v) is 11.3. The fourth-order valence-electron chi connectivity index (χ4n) is 3.70. The molecular formula is C27H36O4. The molecule has 0 aliphatic rings. The van der Waals surface area contributed by atoms with E-state index in [4.69, 9.17) is 9.47 Å². The number of esters is 2. The summed E-state index contributed by atoms with van der Waals surface area (Å²) in [5.41, 5.74) is 3.41. The Balaban J connectivity index is 1.99. The Morgan fingerprint density at radius 2 is 0.968 bits per heavy atom. The summed E-state index contributed by atoms with van der Waals surface area (Å²) in [4.78, 5) is 25.2. The molecule has 2 atom stereocenters. The quantitative estimate of drug-likeness (QED) is 0.418. The molecule has 2 aromatic rings. The molecule has 168 valence electrons. The summed E-state index contributed by atoms with van der Waals surface area (Å²) in [6.07, 6.45) is -0.0386. The Hall–Kier alpha value is -2.62. The molecule has 31 heavy (non-hydrogen) atoms. The Morgan fingerprint density at radius 3 is 1.23 bits per heavy atom. The second kappa shape index (κ2) is 11.1. The fraction of sp³-hybridized carbons (Fsp3) is 0.481. The van der Waals surface area contributed by atoms with E-state index in [1.54, 1.807) is 24.3 Å². The maximum atomic E-state index is 12.6. The first-order valence-electron chi connectivity index (χ1n) is 11.3. The van der Waals surface area contributed by atoms with Crippen LogP contribution < -0.4 is 0 Å². The highest BCUT2D eigenvalue weighted by atomic mass is 16.6. The summed E-state index contributed by atoms with van der Waals surface area (Å²) >= 11 is 0. The summed E-state index contributed by atoms with van der Waals surface area (Å²) in [5.74, 6) is 0.00189. The number of hydrogen-bond acceptors (Lipinski definition) is 4. The third kappa shape index (κ3) is 6.68. The highest BCUT2D eigenvalue weighted by molar-refractivity contribution is 5.90. The average Bonchev–Trinajstić information content (AvgIpc) is 2.74. The number of carbonyl (C=O) groups excluding carboxylic acids is 2. The Bertz CT molecular complexity index is 778. The molecule has 2 unspecified atom stereocenters. The lowest BCUT2D eigenvalue weighted by Crippen LogP contribution is -2.34. The number of benzene rings is 2. The van der Waals surface area contributed by atoms with Gasteiger partial charge in [0.2, 0.25) is 0 Å². The fourth-order valence-corrected chi connectivity index (χ4v) is 3.70. The van der Waals surface area contributed by atoms with E-state index >= 15 is 0 Å². The van der Waals surface area contributed by atoms with Crippen LogP contribution in [-0.2, 0) is 9.47 Å². The van der Waals surface area contributed by atoms with Crippen LogP contribution in [0.2, 0.25) is 0 Å². The van der Waals surface area contributed by atoms with Crippen LogP contribution >= 0.6 is 0 Å². The molecule has 2 aromatic carbocycles. The van der Waals surface area contributed by atoms with Crippen molar-refractivity contribution in [2.45, 2.75) is 78.9 Å². The van der Waals surface area contributed by atoms with E-state index in [-0.39, 0.29) is 30.1 Å². The zero-order valence-electron chi connectivity index (χ0n) is 19.8. The molecule has 4 heteroatoms. The van der Waals surface area contributed by atoms with Gasteiger partial charge in [-0.2, -0.15) is 0 Å². The van der Waals surface area contributed by atoms with Gasteiger partial charge in [0.1, 0.15) is 12.2 Å². The van der Waals surface area contributed by atoms with Gasteiger partial charge in [-0.3, -0.25) is 0 Å². The van der Waals surface area contributed by atoms with Gasteiger partial charge in [0.25, 0.3) is 0 Å². The maximum absolute atomic E-state index is 12.6. The molecule has 0 saturated heterocycles. The lowest BCUT2D eigenvalue weighted by atomic mass is 9.94. The minimum atomic E-state index is -0.381. The molecule has 0 spiro atoms. The minimum absolute atomic E-state index is 0.0993. The smallest absolute Gasteiger partial charge is 0.338 e. The highest BCUT2D eigenvalue weighted by Gasteiger charge is 2.28. The molecule has 0 radical (unpaired) electrons. The Labute approximate surface area is 187 Å². The lowest BCUT2D eigenvalue weighted by Gasteiger charge is -2.28. The molecule has 0 heterocycles. The van der Waals surface area contributed by atoms with Crippen LogP contribution in [0.25, 0.3) is 0 Å². The van der Waals surface area contributed by atoms with Gasteiger partial charge in [0, 0.05) is 5.92 Å². The van der Waals surface area contributed by atoms with E-state index in [2.05, 4.69) is 27.7 Å². The number of ether oxygens (including phenoxy) is 2. The van der Waals surface area contributed by atoms with Gasteiger partial charge in [-0.1, -0.05) is 58.9 Å². The van der Waals surface area contributed by atoms with Gasteiger partial charge >= 0.3 is 11.9 Å². The van der Waals surface area contributed by atoms with Crippen molar-refractivity contribution in [3.63, 3.8) is 0 Å². The van der Waals surface area contributed by atoms with Crippen LogP contribution in [0.4, 0.5) is 0 Å². The molecule has 2 rings (SSSR count). The maximum Gasteiger partial charge on any atom is 0.338 e. The number of carbonyl (C=O) groups is 2. The standard InChI is InChI=1S/C27H36O4/c1-8-25(19(6)30-26(28)23-13-9-21(10-14-23)17(2)3)20(7)31-27(29)24-15-11-22(12-16-24)18(4)5/h9-20,25H,8H2,1-7H3. The molecule has 0 saturated carbocycles. The van der Waals surface area contributed by atoms with Crippen molar-refractivity contribution < 1.29 is 19.1 Å². The highest BCUT2D eigenvalue weighted by Crippen LogP contribution is 2.23. The van der Waals surface area contributed by atoms with E-state index in [1.807, 2.05) is 45.0 Å². The van der Waals surface area contributed by atoms with Crippen LogP contribution in [0.3, 0.4) is 0 Å². The molecule has 0 fully saturated rings. The van der Waals surface area contributed by atoms with Gasteiger partial charge in [-0.05, 0) is 67.5 Å². The first kappa shape index (κ1) is 24.6. The van der Waals surface area contributed by atoms with Crippen molar-refractivity contribution in [1.82, 2.24) is 0 Å². The topological polar surface area (TPSA) is 52.6 Å². The van der Waals surface area contributed by atoms with Crippen LogP contribution in [0, 0.1) is 5.92 Å². The molecule has 0 aromatic heterocycles. The summed E-state index contributed by atoms with van der Waals surface area (Å²) < 4.78 is 11.4. The van der Waals surface area contributed by atoms with Crippen molar-refractivity contribution in [1.29, 1.82) is 0 Å². The van der Waals surface area contributed by atoms with E-state index < -0.39 is 0 Å². The minimum Gasteiger partial charge on any atom is -0.459 e. The number of hydrogen-bond donors (Lipinski definition) is 0. The van der Waals surface area contributed by atoms with Crippen LogP contribution in [0.1, 0.15) is 98.6 Å². The van der Waals surface area contributed by atoms with Crippen LogP contribution in [-0.4, -0.2) is 24.1 Å². The van der Waals surface area contributed by atoms with Crippen molar-refractivity contribution in [2.24, 2.45) is 5.92 Å². The van der Waals surface area contributed by atoms with Gasteiger partial charge in [-0.25, -0.2) is 9.59 Å². The summed E-state index contributed by atoms with van der Waals surface area (Å²) in [6, 6.07) is 15.0. The predicted molar refractivity (Wildman–Crippen MR) is 125 cm³/mol. The van der Waals surface area contributed by atoms with Crippen molar-refractivity contribution >= 4 is 11.9 Å². The van der Waals surface area contributed by atoms with Crippen molar-refractivity contribution in [3.05, 3.63) is 70.8 Å². The Morgan fingerprint density at radius 1 is 0.645 bits per heavy atom. The Kier molecular flexibility index (Phi) is 8.85. The molecule has 0 amide bonds. The monoisotopic (exact) mass is 424 g/mol. The number of rotatable bonds is 9. The molecule has 0 bridgehead atoms. The third-order valence-electron chi connectivity index (χ3n) is 5.89. The molecule has 0 N–H and O–H groups in total. The molecular weight excluding hydrogens is 388 g/mol. The summed E-state index contributed by atoms with van der Waals surface area (Å²) in [6.45, 7) is 14.2.